The highest BCUT2D eigenvalue weighted by molar-refractivity contribution is 5.84. The Balaban J connectivity index is 1.30. The van der Waals surface area contributed by atoms with E-state index >= 15 is 0 Å². The van der Waals surface area contributed by atoms with Gasteiger partial charge in [0.1, 0.15) is 12.6 Å². The molecule has 1 aliphatic heterocycles. The number of rotatable bonds is 8. The highest BCUT2D eigenvalue weighted by Gasteiger charge is 2.32. The summed E-state index contributed by atoms with van der Waals surface area (Å²) < 4.78 is 5.60. The molecule has 1 fully saturated rings. The molecule has 7 nitrogen and oxygen atoms in total. The number of aliphatic carboxylic acids is 1. The van der Waals surface area contributed by atoms with Crippen molar-refractivity contribution in [1.82, 2.24) is 10.2 Å². The number of hydrogen-bond donors (Lipinski definition) is 2. The van der Waals surface area contributed by atoms with Crippen LogP contribution in [0.5, 0.6) is 0 Å². The van der Waals surface area contributed by atoms with Crippen LogP contribution in [0, 0.1) is 5.92 Å². The van der Waals surface area contributed by atoms with Crippen LogP contribution in [-0.2, 0) is 14.3 Å². The van der Waals surface area contributed by atoms with Gasteiger partial charge in [-0.05, 0) is 41.0 Å². The van der Waals surface area contributed by atoms with E-state index in [2.05, 4.69) is 29.6 Å². The van der Waals surface area contributed by atoms with Crippen molar-refractivity contribution in [3.8, 4) is 11.1 Å². The van der Waals surface area contributed by atoms with Crippen LogP contribution in [0.25, 0.3) is 11.1 Å². The van der Waals surface area contributed by atoms with Crippen LogP contribution in [0.3, 0.4) is 0 Å². The number of likely N-dealkylation sites (tertiary alicyclic amines) is 1. The molecule has 1 heterocycles. The largest absolute Gasteiger partial charge is 0.480 e. The minimum atomic E-state index is -0.940. The number of alkyl carbamates (subject to hydrolysis) is 1. The minimum absolute atomic E-state index is 0.00677. The zero-order valence-corrected chi connectivity index (χ0v) is 20.2. The van der Waals surface area contributed by atoms with Crippen molar-refractivity contribution in [2.75, 3.05) is 19.7 Å². The Hall–Kier alpha value is -3.35. The fourth-order valence-corrected chi connectivity index (χ4v) is 5.27. The van der Waals surface area contributed by atoms with Gasteiger partial charge in [0.25, 0.3) is 0 Å². The van der Waals surface area contributed by atoms with E-state index in [1.807, 2.05) is 31.2 Å². The van der Waals surface area contributed by atoms with Crippen LogP contribution < -0.4 is 5.32 Å². The number of fused-ring (bicyclic) bond motifs is 3. The third-order valence-electron chi connectivity index (χ3n) is 7.28. The van der Waals surface area contributed by atoms with Gasteiger partial charge in [0.05, 0.1) is 0 Å². The Morgan fingerprint density at radius 2 is 1.69 bits per heavy atom. The normalized spacial score (nSPS) is 18.2. The van der Waals surface area contributed by atoms with Crippen molar-refractivity contribution in [2.24, 2.45) is 5.92 Å². The Morgan fingerprint density at radius 1 is 1.03 bits per heavy atom. The number of hydrogen-bond acceptors (Lipinski definition) is 4. The molecule has 0 radical (unpaired) electrons. The van der Waals surface area contributed by atoms with Crippen molar-refractivity contribution < 1.29 is 24.2 Å². The van der Waals surface area contributed by atoms with Gasteiger partial charge in [-0.1, -0.05) is 74.7 Å². The molecule has 0 spiro atoms. The lowest BCUT2D eigenvalue weighted by molar-refractivity contribution is -0.150. The maximum absolute atomic E-state index is 12.9. The van der Waals surface area contributed by atoms with Gasteiger partial charge in [-0.25, -0.2) is 9.59 Å². The lowest BCUT2D eigenvalue weighted by atomic mass is 9.98. The number of amides is 2. The average molecular weight is 479 g/mol. The molecule has 2 N–H and O–H groups in total. The van der Waals surface area contributed by atoms with E-state index in [0.717, 1.165) is 30.4 Å². The first kappa shape index (κ1) is 24.8. The van der Waals surface area contributed by atoms with E-state index in [9.17, 15) is 19.5 Å². The summed E-state index contributed by atoms with van der Waals surface area (Å²) in [4.78, 5) is 38.6. The number of carboxylic acids is 1. The van der Waals surface area contributed by atoms with E-state index in [4.69, 9.17) is 4.74 Å². The molecule has 4 rings (SSSR count). The molecule has 186 valence electrons. The van der Waals surface area contributed by atoms with Crippen molar-refractivity contribution in [3.63, 3.8) is 0 Å². The molecule has 0 aromatic heterocycles. The van der Waals surface area contributed by atoms with Crippen molar-refractivity contribution >= 4 is 18.0 Å². The number of benzene rings is 2. The number of nitrogens with zero attached hydrogens (tertiary/aromatic N) is 1. The van der Waals surface area contributed by atoms with E-state index < -0.39 is 18.1 Å². The molecule has 2 unspecified atom stereocenters. The molecule has 35 heavy (non-hydrogen) atoms. The lowest BCUT2D eigenvalue weighted by Crippen LogP contribution is -2.45. The molecule has 2 amide bonds. The third-order valence-corrected chi connectivity index (χ3v) is 7.28. The van der Waals surface area contributed by atoms with E-state index in [-0.39, 0.29) is 30.8 Å². The summed E-state index contributed by atoms with van der Waals surface area (Å²) >= 11 is 0. The Bertz CT molecular complexity index is 1020. The molecule has 2 aliphatic rings. The second-order valence-corrected chi connectivity index (χ2v) is 9.48. The first-order valence-electron chi connectivity index (χ1n) is 12.6. The zero-order valence-electron chi connectivity index (χ0n) is 20.2. The zero-order chi connectivity index (χ0) is 24.8. The van der Waals surface area contributed by atoms with Crippen LogP contribution in [0.2, 0.25) is 0 Å². The van der Waals surface area contributed by atoms with Gasteiger partial charge >= 0.3 is 12.1 Å². The molecule has 2 aromatic carbocycles. The fraction of sp³-hybridized carbons (Fsp3) is 0.464. The van der Waals surface area contributed by atoms with Crippen LogP contribution in [0.15, 0.2) is 48.5 Å². The lowest BCUT2D eigenvalue weighted by Gasteiger charge is -2.28. The molecular weight excluding hydrogens is 444 g/mol. The van der Waals surface area contributed by atoms with Gasteiger partial charge in [0, 0.05) is 25.4 Å². The summed E-state index contributed by atoms with van der Waals surface area (Å²) in [5, 5.41) is 12.4. The number of carboxylic acid groups (broad SMARTS) is 1. The first-order chi connectivity index (χ1) is 17.0. The molecule has 0 saturated carbocycles. The molecule has 7 heteroatoms. The number of carbonyl (C=O) groups excluding carboxylic acids is 2. The third kappa shape index (κ3) is 5.66. The van der Waals surface area contributed by atoms with Crippen molar-refractivity contribution in [3.05, 3.63) is 59.7 Å². The maximum Gasteiger partial charge on any atom is 0.407 e. The number of carbonyl (C=O) groups is 3. The summed E-state index contributed by atoms with van der Waals surface area (Å²) in [5.41, 5.74) is 4.66. The van der Waals surface area contributed by atoms with Gasteiger partial charge in [-0.15, -0.1) is 0 Å². The predicted octanol–water partition coefficient (Wildman–Crippen LogP) is 4.80. The van der Waals surface area contributed by atoms with Crippen LogP contribution >= 0.6 is 0 Å². The second-order valence-electron chi connectivity index (χ2n) is 9.48. The summed E-state index contributed by atoms with van der Waals surface area (Å²) in [6.07, 6.45) is 3.48. The molecule has 1 saturated heterocycles. The van der Waals surface area contributed by atoms with E-state index in [0.29, 0.717) is 25.9 Å². The SMILES string of the molecule is CCC(CNC(=O)OCC1c2ccccc2-c2ccccc21)CC(=O)N1CCCCCC1C(=O)O. The average Bonchev–Trinajstić information content (AvgIpc) is 3.00. The van der Waals surface area contributed by atoms with Gasteiger partial charge in [-0.3, -0.25) is 4.79 Å². The van der Waals surface area contributed by atoms with Crippen LogP contribution in [-0.4, -0.2) is 53.7 Å². The Morgan fingerprint density at radius 3 is 2.31 bits per heavy atom. The first-order valence-corrected chi connectivity index (χ1v) is 12.6. The van der Waals surface area contributed by atoms with Gasteiger partial charge in [0.2, 0.25) is 5.91 Å². The smallest absolute Gasteiger partial charge is 0.407 e. The molecule has 2 aromatic rings. The highest BCUT2D eigenvalue weighted by atomic mass is 16.5. The molecular formula is C28H34N2O5. The Kier molecular flexibility index (Phi) is 8.06. The number of nitrogens with one attached hydrogen (secondary N) is 1. The monoisotopic (exact) mass is 478 g/mol. The Labute approximate surface area is 206 Å². The maximum atomic E-state index is 12.9. The highest BCUT2D eigenvalue weighted by Crippen LogP contribution is 2.44. The van der Waals surface area contributed by atoms with Crippen molar-refractivity contribution in [2.45, 2.75) is 57.4 Å². The van der Waals surface area contributed by atoms with Crippen LogP contribution in [0.1, 0.15) is 62.5 Å². The van der Waals surface area contributed by atoms with Gasteiger partial charge in [0.15, 0.2) is 0 Å². The summed E-state index contributed by atoms with van der Waals surface area (Å²) in [7, 11) is 0. The molecule has 0 bridgehead atoms. The van der Waals surface area contributed by atoms with Crippen LogP contribution in [0.4, 0.5) is 4.79 Å². The van der Waals surface area contributed by atoms with Gasteiger partial charge in [-0.2, -0.15) is 0 Å². The predicted molar refractivity (Wildman–Crippen MR) is 133 cm³/mol. The fourth-order valence-electron chi connectivity index (χ4n) is 5.27. The topological polar surface area (TPSA) is 95.9 Å². The standard InChI is InChI=1S/C28H34N2O5/c1-2-19(16-26(31)30-15-9-3-4-14-25(30)27(32)33)17-29-28(34)35-18-24-22-12-7-5-10-20(22)21-11-6-8-13-23(21)24/h5-8,10-13,19,24-25H,2-4,9,14-18H2,1H3,(H,29,34)(H,32,33). The van der Waals surface area contributed by atoms with Crippen molar-refractivity contribution in [1.29, 1.82) is 0 Å². The summed E-state index contributed by atoms with van der Waals surface area (Å²) in [6.45, 7) is 2.99. The summed E-state index contributed by atoms with van der Waals surface area (Å²) in [5.74, 6) is -1.18. The summed E-state index contributed by atoms with van der Waals surface area (Å²) in [6, 6.07) is 15.6. The van der Waals surface area contributed by atoms with Gasteiger partial charge < -0.3 is 20.1 Å². The quantitative estimate of drug-likeness (QED) is 0.568. The minimum Gasteiger partial charge on any atom is -0.480 e. The second kappa shape index (κ2) is 11.4. The van der Waals surface area contributed by atoms with E-state index in [1.165, 1.54) is 16.0 Å². The number of ether oxygens (including phenoxy) is 1. The molecule has 1 aliphatic carbocycles. The molecule has 2 atom stereocenters. The van der Waals surface area contributed by atoms with E-state index in [1.54, 1.807) is 0 Å².